The molecule has 0 saturated carbocycles. The van der Waals surface area contributed by atoms with E-state index in [0.717, 1.165) is 5.56 Å². The Hall–Kier alpha value is -2.55. The molecule has 1 aromatic carbocycles. The highest BCUT2D eigenvalue weighted by Crippen LogP contribution is 2.55. The van der Waals surface area contributed by atoms with Crippen LogP contribution in [0.4, 0.5) is 10.5 Å². The summed E-state index contributed by atoms with van der Waals surface area (Å²) in [5.74, 6) is -1.52. The number of amides is 1. The number of rotatable bonds is 1. The molecule has 3 rings (SSSR count). The van der Waals surface area contributed by atoms with Crippen LogP contribution in [0.1, 0.15) is 18.9 Å². The number of hydrogen-bond donors (Lipinski definition) is 0. The van der Waals surface area contributed by atoms with Crippen molar-refractivity contribution in [3.8, 4) is 6.07 Å². The number of para-hydroxylation sites is 1. The fraction of sp³-hybridized carbons (Fsp3) is 0.400. The predicted molar refractivity (Wildman–Crippen MR) is 72.3 cm³/mol. The average molecular weight is 286 g/mol. The second-order valence-electron chi connectivity index (χ2n) is 5.10. The van der Waals surface area contributed by atoms with Gasteiger partial charge in [-0.05, 0) is 18.1 Å². The van der Waals surface area contributed by atoms with Crippen molar-refractivity contribution in [2.24, 2.45) is 5.92 Å². The highest BCUT2D eigenvalue weighted by Gasteiger charge is 2.66. The van der Waals surface area contributed by atoms with E-state index >= 15 is 0 Å². The molecular weight excluding hydrogens is 272 g/mol. The molecule has 6 heteroatoms. The van der Waals surface area contributed by atoms with Crippen LogP contribution in [0.25, 0.3) is 0 Å². The third-order valence-electron chi connectivity index (χ3n) is 4.40. The van der Waals surface area contributed by atoms with Gasteiger partial charge in [-0.3, -0.25) is 4.79 Å². The second-order valence-corrected chi connectivity index (χ2v) is 5.10. The molecule has 0 radical (unpaired) electrons. The molecule has 0 N–H and O–H groups in total. The number of fused-ring (bicyclic) bond motifs is 3. The lowest BCUT2D eigenvalue weighted by Crippen LogP contribution is -2.46. The van der Waals surface area contributed by atoms with E-state index in [1.807, 2.05) is 25.1 Å². The van der Waals surface area contributed by atoms with E-state index < -0.39 is 29.6 Å². The number of carbonyl (C=O) groups excluding carboxylic acids is 2. The number of nitriles is 1. The third-order valence-corrected chi connectivity index (χ3v) is 4.40. The van der Waals surface area contributed by atoms with Gasteiger partial charge in [0.15, 0.2) is 12.1 Å². The minimum absolute atomic E-state index is 0.506. The average Bonchev–Trinajstić information content (AvgIpc) is 2.94. The van der Waals surface area contributed by atoms with E-state index in [9.17, 15) is 14.9 Å². The molecule has 3 atom stereocenters. The lowest BCUT2D eigenvalue weighted by molar-refractivity contribution is -0.142. The van der Waals surface area contributed by atoms with Gasteiger partial charge in [-0.15, -0.1) is 0 Å². The van der Waals surface area contributed by atoms with Gasteiger partial charge in [0, 0.05) is 0 Å². The van der Waals surface area contributed by atoms with Crippen molar-refractivity contribution in [2.75, 3.05) is 12.0 Å². The fourth-order valence-electron chi connectivity index (χ4n) is 3.44. The maximum atomic E-state index is 12.1. The maximum absolute atomic E-state index is 12.1. The van der Waals surface area contributed by atoms with Crippen molar-refractivity contribution in [1.29, 1.82) is 5.26 Å². The van der Waals surface area contributed by atoms with Gasteiger partial charge < -0.3 is 9.47 Å². The van der Waals surface area contributed by atoms with Gasteiger partial charge in [-0.25, -0.2) is 9.69 Å². The SMILES string of the molecule is CC[C@]12c3ccccc3N(C(=O)OC)[C@H]1OC(=O)[C@H]2C#N. The first-order valence-corrected chi connectivity index (χ1v) is 6.68. The third kappa shape index (κ3) is 1.46. The number of hydrogen-bond acceptors (Lipinski definition) is 5. The van der Waals surface area contributed by atoms with E-state index in [-0.39, 0.29) is 0 Å². The second kappa shape index (κ2) is 4.48. The lowest BCUT2D eigenvalue weighted by atomic mass is 9.70. The van der Waals surface area contributed by atoms with E-state index in [2.05, 4.69) is 0 Å². The van der Waals surface area contributed by atoms with Crippen LogP contribution in [-0.2, 0) is 19.7 Å². The smallest absolute Gasteiger partial charge is 0.417 e. The number of anilines is 1. The molecule has 1 saturated heterocycles. The van der Waals surface area contributed by atoms with Gasteiger partial charge in [-0.2, -0.15) is 5.26 Å². The first-order chi connectivity index (χ1) is 10.1. The Morgan fingerprint density at radius 2 is 2.24 bits per heavy atom. The molecule has 2 aliphatic heterocycles. The zero-order valence-electron chi connectivity index (χ0n) is 11.7. The van der Waals surface area contributed by atoms with Crippen molar-refractivity contribution in [2.45, 2.75) is 25.0 Å². The fourth-order valence-corrected chi connectivity index (χ4v) is 3.44. The molecule has 0 aromatic heterocycles. The van der Waals surface area contributed by atoms with Crippen LogP contribution in [-0.4, -0.2) is 25.4 Å². The van der Waals surface area contributed by atoms with Crippen LogP contribution < -0.4 is 4.90 Å². The standard InChI is InChI=1S/C15H14N2O4/c1-3-15-9-6-4-5-7-11(9)17(14(19)20-2)13(15)21-12(18)10(15)8-16/h4-7,10,13H,3H2,1-2H3/t10-,13+,15-/m1/s1. The maximum Gasteiger partial charge on any atom is 0.417 e. The molecule has 0 aliphatic carbocycles. The summed E-state index contributed by atoms with van der Waals surface area (Å²) in [5, 5.41) is 9.40. The highest BCUT2D eigenvalue weighted by atomic mass is 16.6. The molecule has 0 spiro atoms. The normalized spacial score (nSPS) is 29.4. The van der Waals surface area contributed by atoms with Crippen molar-refractivity contribution in [1.82, 2.24) is 0 Å². The quantitative estimate of drug-likeness (QED) is 0.737. The Morgan fingerprint density at radius 1 is 1.52 bits per heavy atom. The first kappa shape index (κ1) is 13.4. The molecule has 108 valence electrons. The van der Waals surface area contributed by atoms with Gasteiger partial charge in [-0.1, -0.05) is 25.1 Å². The zero-order valence-corrected chi connectivity index (χ0v) is 11.7. The number of benzene rings is 1. The van der Waals surface area contributed by atoms with E-state index in [4.69, 9.17) is 9.47 Å². The molecular formula is C15H14N2O4. The molecule has 6 nitrogen and oxygen atoms in total. The molecule has 2 heterocycles. The summed E-state index contributed by atoms with van der Waals surface area (Å²) < 4.78 is 10.2. The van der Waals surface area contributed by atoms with Gasteiger partial charge in [0.2, 0.25) is 0 Å². The number of ether oxygens (including phenoxy) is 2. The number of carbonyl (C=O) groups is 2. The topological polar surface area (TPSA) is 79.6 Å². The summed E-state index contributed by atoms with van der Waals surface area (Å²) in [7, 11) is 1.27. The summed E-state index contributed by atoms with van der Waals surface area (Å²) in [4.78, 5) is 25.5. The van der Waals surface area contributed by atoms with E-state index in [1.54, 1.807) is 12.1 Å². The summed E-state index contributed by atoms with van der Waals surface area (Å²) >= 11 is 0. The number of methoxy groups -OCH3 is 1. The molecule has 21 heavy (non-hydrogen) atoms. The molecule has 2 aliphatic rings. The van der Waals surface area contributed by atoms with Crippen LogP contribution in [0.15, 0.2) is 24.3 Å². The highest BCUT2D eigenvalue weighted by molar-refractivity contribution is 5.96. The number of esters is 1. The summed E-state index contributed by atoms with van der Waals surface area (Å²) in [6.45, 7) is 1.89. The van der Waals surface area contributed by atoms with Crippen LogP contribution >= 0.6 is 0 Å². The minimum atomic E-state index is -0.927. The van der Waals surface area contributed by atoms with Gasteiger partial charge in [0.05, 0.1) is 24.3 Å². The van der Waals surface area contributed by atoms with E-state index in [0.29, 0.717) is 12.1 Å². The van der Waals surface area contributed by atoms with E-state index in [1.165, 1.54) is 12.0 Å². The Kier molecular flexibility index (Phi) is 2.87. The predicted octanol–water partition coefficient (Wildman–Crippen LogP) is 1.94. The van der Waals surface area contributed by atoms with Crippen molar-refractivity contribution < 1.29 is 19.1 Å². The molecule has 1 amide bonds. The van der Waals surface area contributed by atoms with Gasteiger partial charge in [0.25, 0.3) is 0 Å². The molecule has 0 unspecified atom stereocenters. The van der Waals surface area contributed by atoms with Gasteiger partial charge >= 0.3 is 12.1 Å². The Bertz CT molecular complexity index is 666. The van der Waals surface area contributed by atoms with Crippen LogP contribution in [0.5, 0.6) is 0 Å². The Labute approximate surface area is 121 Å². The largest absolute Gasteiger partial charge is 0.452 e. The Balaban J connectivity index is 2.26. The van der Waals surface area contributed by atoms with Crippen LogP contribution in [0.3, 0.4) is 0 Å². The summed E-state index contributed by atoms with van der Waals surface area (Å²) in [6.07, 6.45) is -0.926. The zero-order chi connectivity index (χ0) is 15.2. The monoisotopic (exact) mass is 286 g/mol. The minimum Gasteiger partial charge on any atom is -0.452 e. The van der Waals surface area contributed by atoms with Gasteiger partial charge in [0.1, 0.15) is 0 Å². The van der Waals surface area contributed by atoms with Crippen LogP contribution in [0.2, 0.25) is 0 Å². The lowest BCUT2D eigenvalue weighted by Gasteiger charge is -2.29. The number of nitrogens with zero attached hydrogens (tertiary/aromatic N) is 2. The Morgan fingerprint density at radius 3 is 2.86 bits per heavy atom. The van der Waals surface area contributed by atoms with Crippen molar-refractivity contribution in [3.63, 3.8) is 0 Å². The first-order valence-electron chi connectivity index (χ1n) is 6.68. The summed E-state index contributed by atoms with van der Waals surface area (Å²) in [5.41, 5.74) is 0.570. The molecule has 0 bridgehead atoms. The van der Waals surface area contributed by atoms with Crippen molar-refractivity contribution >= 4 is 17.7 Å². The summed E-state index contributed by atoms with van der Waals surface area (Å²) in [6, 6.07) is 9.26. The molecule has 1 aromatic rings. The van der Waals surface area contributed by atoms with Crippen molar-refractivity contribution in [3.05, 3.63) is 29.8 Å². The van der Waals surface area contributed by atoms with Crippen LogP contribution in [0, 0.1) is 17.2 Å². The molecule has 1 fully saturated rings.